The van der Waals surface area contributed by atoms with Crippen LogP contribution in [0.5, 0.6) is 0 Å². The molecule has 1 aliphatic heterocycles. The first-order valence-electron chi connectivity index (χ1n) is 6.63. The molecule has 1 fully saturated rings. The zero-order valence-corrected chi connectivity index (χ0v) is 10.8. The van der Waals surface area contributed by atoms with Crippen molar-refractivity contribution in [3.63, 3.8) is 0 Å². The zero-order chi connectivity index (χ0) is 13.7. The van der Waals surface area contributed by atoms with Crippen LogP contribution in [0.4, 0.5) is 13.2 Å². The van der Waals surface area contributed by atoms with Crippen molar-refractivity contribution in [1.29, 1.82) is 0 Å². The largest absolute Gasteiger partial charge is 0.389 e. The van der Waals surface area contributed by atoms with E-state index in [4.69, 9.17) is 0 Å². The highest BCUT2D eigenvalue weighted by Crippen LogP contribution is 2.31. The fourth-order valence-corrected chi connectivity index (χ4v) is 2.53. The molecular formula is C14H19F3N2. The summed E-state index contributed by atoms with van der Waals surface area (Å²) in [6.45, 7) is 3.29. The van der Waals surface area contributed by atoms with Gasteiger partial charge in [-0.15, -0.1) is 0 Å². The van der Waals surface area contributed by atoms with Crippen LogP contribution in [0.15, 0.2) is 30.3 Å². The third-order valence-corrected chi connectivity index (χ3v) is 3.48. The third-order valence-electron chi connectivity index (χ3n) is 3.48. The molecule has 5 heteroatoms. The molecule has 0 saturated carbocycles. The van der Waals surface area contributed by atoms with Crippen molar-refractivity contribution in [2.24, 2.45) is 0 Å². The van der Waals surface area contributed by atoms with Crippen molar-refractivity contribution in [2.75, 3.05) is 26.2 Å². The highest BCUT2D eigenvalue weighted by Gasteiger charge is 2.31. The maximum Gasteiger partial charge on any atom is 0.389 e. The molecule has 1 aromatic carbocycles. The molecule has 1 N–H and O–H groups in total. The van der Waals surface area contributed by atoms with Gasteiger partial charge in [0.25, 0.3) is 0 Å². The second-order valence-electron chi connectivity index (χ2n) is 4.87. The molecule has 19 heavy (non-hydrogen) atoms. The van der Waals surface area contributed by atoms with Gasteiger partial charge < -0.3 is 5.32 Å². The molecule has 0 amide bonds. The SMILES string of the molecule is FC(F)(F)CC[C@H](c1ccccc1)N1CCNCC1. The van der Waals surface area contributed by atoms with Gasteiger partial charge in [0.15, 0.2) is 0 Å². The lowest BCUT2D eigenvalue weighted by molar-refractivity contribution is -0.138. The fraction of sp³-hybridized carbons (Fsp3) is 0.571. The van der Waals surface area contributed by atoms with Gasteiger partial charge in [-0.3, -0.25) is 4.90 Å². The monoisotopic (exact) mass is 272 g/mol. The van der Waals surface area contributed by atoms with E-state index in [1.54, 1.807) is 0 Å². The van der Waals surface area contributed by atoms with E-state index >= 15 is 0 Å². The Kier molecular flexibility index (Phi) is 4.82. The molecule has 1 saturated heterocycles. The minimum Gasteiger partial charge on any atom is -0.314 e. The topological polar surface area (TPSA) is 15.3 Å². The van der Waals surface area contributed by atoms with Crippen LogP contribution >= 0.6 is 0 Å². The molecule has 2 rings (SSSR count). The molecule has 0 aliphatic carbocycles. The quantitative estimate of drug-likeness (QED) is 0.906. The smallest absolute Gasteiger partial charge is 0.314 e. The van der Waals surface area contributed by atoms with Crippen molar-refractivity contribution < 1.29 is 13.2 Å². The highest BCUT2D eigenvalue weighted by atomic mass is 19.4. The molecule has 0 bridgehead atoms. The average molecular weight is 272 g/mol. The van der Waals surface area contributed by atoms with Crippen LogP contribution in [-0.4, -0.2) is 37.3 Å². The summed E-state index contributed by atoms with van der Waals surface area (Å²) in [5.74, 6) is 0. The van der Waals surface area contributed by atoms with Crippen molar-refractivity contribution >= 4 is 0 Å². The summed E-state index contributed by atoms with van der Waals surface area (Å²) in [4.78, 5) is 2.15. The van der Waals surface area contributed by atoms with Gasteiger partial charge in [0.05, 0.1) is 0 Å². The fourth-order valence-electron chi connectivity index (χ4n) is 2.53. The van der Waals surface area contributed by atoms with Crippen LogP contribution < -0.4 is 5.32 Å². The zero-order valence-electron chi connectivity index (χ0n) is 10.8. The number of piperazine rings is 1. The molecule has 1 heterocycles. The van der Waals surface area contributed by atoms with E-state index in [2.05, 4.69) is 10.2 Å². The van der Waals surface area contributed by atoms with E-state index in [9.17, 15) is 13.2 Å². The lowest BCUT2D eigenvalue weighted by atomic mass is 9.99. The summed E-state index contributed by atoms with van der Waals surface area (Å²) in [7, 11) is 0. The van der Waals surface area contributed by atoms with Crippen molar-refractivity contribution in [3.05, 3.63) is 35.9 Å². The van der Waals surface area contributed by atoms with E-state index in [1.165, 1.54) is 0 Å². The number of halogens is 3. The van der Waals surface area contributed by atoms with Crippen molar-refractivity contribution in [1.82, 2.24) is 10.2 Å². The molecule has 0 unspecified atom stereocenters. The van der Waals surface area contributed by atoms with Gasteiger partial charge in [0, 0.05) is 38.6 Å². The first-order chi connectivity index (χ1) is 9.06. The Bertz CT molecular complexity index is 372. The number of alkyl halides is 3. The molecule has 1 aliphatic rings. The molecule has 106 valence electrons. The van der Waals surface area contributed by atoms with Crippen molar-refractivity contribution in [3.8, 4) is 0 Å². The first-order valence-corrected chi connectivity index (χ1v) is 6.63. The Morgan fingerprint density at radius 1 is 1.11 bits per heavy atom. The molecule has 0 radical (unpaired) electrons. The van der Waals surface area contributed by atoms with Gasteiger partial charge in [-0.2, -0.15) is 13.2 Å². The maximum absolute atomic E-state index is 12.5. The number of hydrogen-bond acceptors (Lipinski definition) is 2. The van der Waals surface area contributed by atoms with Gasteiger partial charge in [-0.25, -0.2) is 0 Å². The van der Waals surface area contributed by atoms with Gasteiger partial charge in [0.1, 0.15) is 0 Å². The summed E-state index contributed by atoms with van der Waals surface area (Å²) in [5.41, 5.74) is 0.980. The predicted octanol–water partition coefficient (Wildman–Crippen LogP) is 2.98. The van der Waals surface area contributed by atoms with Crippen LogP contribution in [0.1, 0.15) is 24.4 Å². The Labute approximate surface area is 111 Å². The number of nitrogens with one attached hydrogen (secondary N) is 1. The molecule has 0 spiro atoms. The Morgan fingerprint density at radius 3 is 2.32 bits per heavy atom. The number of rotatable bonds is 4. The summed E-state index contributed by atoms with van der Waals surface area (Å²) in [5, 5.41) is 3.23. The predicted molar refractivity (Wildman–Crippen MR) is 68.9 cm³/mol. The van der Waals surface area contributed by atoms with Crippen LogP contribution in [0.2, 0.25) is 0 Å². The van der Waals surface area contributed by atoms with Gasteiger partial charge in [-0.05, 0) is 12.0 Å². The molecule has 1 atom stereocenters. The van der Waals surface area contributed by atoms with E-state index in [0.29, 0.717) is 0 Å². The van der Waals surface area contributed by atoms with Gasteiger partial charge in [-0.1, -0.05) is 30.3 Å². The van der Waals surface area contributed by atoms with Crippen LogP contribution in [-0.2, 0) is 0 Å². The highest BCUT2D eigenvalue weighted by molar-refractivity contribution is 5.19. The van der Waals surface area contributed by atoms with Gasteiger partial charge in [0.2, 0.25) is 0 Å². The van der Waals surface area contributed by atoms with E-state index in [-0.39, 0.29) is 12.5 Å². The normalized spacial score (nSPS) is 19.3. The third kappa shape index (κ3) is 4.51. The lowest BCUT2D eigenvalue weighted by Crippen LogP contribution is -2.45. The summed E-state index contributed by atoms with van der Waals surface area (Å²) in [6.07, 6.45) is -4.68. The number of nitrogens with zero attached hydrogens (tertiary/aromatic N) is 1. The first kappa shape index (κ1) is 14.3. The van der Waals surface area contributed by atoms with Crippen LogP contribution in [0.25, 0.3) is 0 Å². The van der Waals surface area contributed by atoms with Crippen LogP contribution in [0.3, 0.4) is 0 Å². The molecule has 0 aromatic heterocycles. The minimum atomic E-state index is -4.08. The minimum absolute atomic E-state index is 0.132. The summed E-state index contributed by atoms with van der Waals surface area (Å²) < 4.78 is 37.4. The number of hydrogen-bond donors (Lipinski definition) is 1. The average Bonchev–Trinajstić information content (AvgIpc) is 2.40. The molecular weight excluding hydrogens is 253 g/mol. The van der Waals surface area contributed by atoms with E-state index < -0.39 is 12.6 Å². The van der Waals surface area contributed by atoms with E-state index in [0.717, 1.165) is 31.7 Å². The second-order valence-corrected chi connectivity index (χ2v) is 4.87. The van der Waals surface area contributed by atoms with E-state index in [1.807, 2.05) is 30.3 Å². The summed E-state index contributed by atoms with van der Waals surface area (Å²) in [6, 6.07) is 9.37. The van der Waals surface area contributed by atoms with Gasteiger partial charge >= 0.3 is 6.18 Å². The Hall–Kier alpha value is -1.07. The molecule has 2 nitrogen and oxygen atoms in total. The van der Waals surface area contributed by atoms with Crippen LogP contribution in [0, 0.1) is 0 Å². The Morgan fingerprint density at radius 2 is 1.74 bits per heavy atom. The second kappa shape index (κ2) is 6.39. The van der Waals surface area contributed by atoms with Crippen molar-refractivity contribution in [2.45, 2.75) is 25.1 Å². The summed E-state index contributed by atoms with van der Waals surface area (Å²) >= 11 is 0. The standard InChI is InChI=1S/C14H19F3N2/c15-14(16,17)7-6-13(12-4-2-1-3-5-12)19-10-8-18-9-11-19/h1-5,13,18H,6-11H2/t13-/m1/s1. The lowest BCUT2D eigenvalue weighted by Gasteiger charge is -2.35. The number of benzene rings is 1. The maximum atomic E-state index is 12.5. The Balaban J connectivity index is 2.08. The molecule has 1 aromatic rings.